The van der Waals surface area contributed by atoms with Crippen molar-refractivity contribution >= 4 is 17.2 Å². The maximum Gasteiger partial charge on any atom is 0.237 e. The quantitative estimate of drug-likeness (QED) is 0.874. The van der Waals surface area contributed by atoms with Crippen molar-refractivity contribution in [3.8, 4) is 0 Å². The van der Waals surface area contributed by atoms with Crippen LogP contribution >= 0.6 is 11.3 Å². The van der Waals surface area contributed by atoms with Gasteiger partial charge in [-0.15, -0.1) is 11.3 Å². The molecule has 3 nitrogen and oxygen atoms in total. The van der Waals surface area contributed by atoms with E-state index in [0.717, 1.165) is 13.0 Å². The third kappa shape index (κ3) is 3.83. The second kappa shape index (κ2) is 7.23. The monoisotopic (exact) mass is 294 g/mol. The van der Waals surface area contributed by atoms with Gasteiger partial charge in [0, 0.05) is 4.88 Å². The fourth-order valence-corrected chi connectivity index (χ4v) is 3.80. The van der Waals surface area contributed by atoms with Crippen molar-refractivity contribution in [3.05, 3.63) is 22.4 Å². The predicted octanol–water partition coefficient (Wildman–Crippen LogP) is 3.34. The fourth-order valence-electron chi connectivity index (χ4n) is 2.86. The molecule has 112 valence electrons. The van der Waals surface area contributed by atoms with Crippen LogP contribution in [0.1, 0.15) is 51.0 Å². The van der Waals surface area contributed by atoms with Crippen molar-refractivity contribution in [1.82, 2.24) is 10.6 Å². The SMILES string of the molecule is CCC1CCNC(C(=O)NC(c2cccs2)C(C)C)C1. The highest BCUT2D eigenvalue weighted by Gasteiger charge is 2.28. The van der Waals surface area contributed by atoms with E-state index in [1.54, 1.807) is 11.3 Å². The summed E-state index contributed by atoms with van der Waals surface area (Å²) in [5.41, 5.74) is 0. The van der Waals surface area contributed by atoms with Gasteiger partial charge < -0.3 is 10.6 Å². The van der Waals surface area contributed by atoms with E-state index in [1.165, 1.54) is 17.7 Å². The third-order valence-electron chi connectivity index (χ3n) is 4.22. The van der Waals surface area contributed by atoms with E-state index in [9.17, 15) is 4.79 Å². The summed E-state index contributed by atoms with van der Waals surface area (Å²) in [7, 11) is 0. The van der Waals surface area contributed by atoms with E-state index in [1.807, 2.05) is 6.07 Å². The van der Waals surface area contributed by atoms with Gasteiger partial charge in [-0.2, -0.15) is 0 Å². The minimum atomic E-state index is -0.0186. The maximum atomic E-state index is 12.5. The Bertz CT molecular complexity index is 416. The van der Waals surface area contributed by atoms with Gasteiger partial charge in [-0.1, -0.05) is 33.3 Å². The Morgan fingerprint density at radius 2 is 2.35 bits per heavy atom. The molecule has 0 bridgehead atoms. The number of amides is 1. The summed E-state index contributed by atoms with van der Waals surface area (Å²) in [6.07, 6.45) is 3.33. The third-order valence-corrected chi connectivity index (χ3v) is 5.18. The van der Waals surface area contributed by atoms with Crippen molar-refractivity contribution < 1.29 is 4.79 Å². The topological polar surface area (TPSA) is 41.1 Å². The van der Waals surface area contributed by atoms with Gasteiger partial charge in [0.15, 0.2) is 0 Å². The summed E-state index contributed by atoms with van der Waals surface area (Å²) in [5, 5.41) is 8.68. The van der Waals surface area contributed by atoms with Crippen LogP contribution in [0.3, 0.4) is 0 Å². The number of hydrogen-bond acceptors (Lipinski definition) is 3. The molecule has 1 aromatic heterocycles. The number of thiophene rings is 1. The van der Waals surface area contributed by atoms with Crippen LogP contribution < -0.4 is 10.6 Å². The molecule has 1 aliphatic heterocycles. The van der Waals surface area contributed by atoms with E-state index >= 15 is 0 Å². The van der Waals surface area contributed by atoms with Gasteiger partial charge in [-0.25, -0.2) is 0 Å². The van der Waals surface area contributed by atoms with E-state index in [0.29, 0.717) is 11.8 Å². The predicted molar refractivity (Wildman–Crippen MR) is 84.8 cm³/mol. The molecule has 0 saturated carbocycles. The first-order valence-corrected chi connectivity index (χ1v) is 8.57. The number of rotatable bonds is 5. The van der Waals surface area contributed by atoms with Gasteiger partial charge >= 0.3 is 0 Å². The number of nitrogens with one attached hydrogen (secondary N) is 2. The molecule has 1 fully saturated rings. The minimum Gasteiger partial charge on any atom is -0.347 e. The summed E-state index contributed by atoms with van der Waals surface area (Å²) in [6.45, 7) is 7.50. The van der Waals surface area contributed by atoms with Gasteiger partial charge in [0.1, 0.15) is 0 Å². The van der Waals surface area contributed by atoms with E-state index in [2.05, 4.69) is 42.9 Å². The number of carbonyl (C=O) groups is 1. The Labute approximate surface area is 126 Å². The van der Waals surface area contributed by atoms with Crippen molar-refractivity contribution in [2.24, 2.45) is 11.8 Å². The van der Waals surface area contributed by atoms with Crippen LogP contribution in [-0.2, 0) is 4.79 Å². The van der Waals surface area contributed by atoms with Crippen molar-refractivity contribution in [2.45, 2.75) is 52.1 Å². The first-order valence-electron chi connectivity index (χ1n) is 7.69. The number of carbonyl (C=O) groups excluding carboxylic acids is 1. The lowest BCUT2D eigenvalue weighted by Crippen LogP contribution is -2.50. The van der Waals surface area contributed by atoms with Crippen LogP contribution in [0.5, 0.6) is 0 Å². The van der Waals surface area contributed by atoms with E-state index < -0.39 is 0 Å². The van der Waals surface area contributed by atoms with Crippen LogP contribution in [0.4, 0.5) is 0 Å². The highest BCUT2D eigenvalue weighted by Crippen LogP contribution is 2.26. The minimum absolute atomic E-state index is 0.0186. The van der Waals surface area contributed by atoms with Gasteiger partial charge in [0.2, 0.25) is 5.91 Å². The lowest BCUT2D eigenvalue weighted by atomic mass is 9.89. The molecule has 1 saturated heterocycles. The summed E-state index contributed by atoms with van der Waals surface area (Å²) < 4.78 is 0. The Morgan fingerprint density at radius 1 is 1.55 bits per heavy atom. The average molecular weight is 294 g/mol. The number of piperidine rings is 1. The highest BCUT2D eigenvalue weighted by molar-refractivity contribution is 7.10. The zero-order valence-electron chi connectivity index (χ0n) is 12.7. The van der Waals surface area contributed by atoms with Crippen LogP contribution in [0, 0.1) is 11.8 Å². The second-order valence-electron chi connectivity index (χ2n) is 6.05. The molecule has 2 rings (SSSR count). The van der Waals surface area contributed by atoms with Crippen LogP contribution in [-0.4, -0.2) is 18.5 Å². The van der Waals surface area contributed by atoms with E-state index in [-0.39, 0.29) is 18.0 Å². The lowest BCUT2D eigenvalue weighted by molar-refractivity contribution is -0.125. The van der Waals surface area contributed by atoms with Crippen molar-refractivity contribution in [1.29, 1.82) is 0 Å². The highest BCUT2D eigenvalue weighted by atomic mass is 32.1. The first kappa shape index (κ1) is 15.5. The summed E-state index contributed by atoms with van der Waals surface area (Å²) in [5.74, 6) is 1.25. The molecule has 20 heavy (non-hydrogen) atoms. The zero-order chi connectivity index (χ0) is 14.5. The second-order valence-corrected chi connectivity index (χ2v) is 7.03. The molecule has 2 N–H and O–H groups in total. The molecular weight excluding hydrogens is 268 g/mol. The molecule has 0 aromatic carbocycles. The summed E-state index contributed by atoms with van der Waals surface area (Å²) in [6, 6.07) is 4.27. The van der Waals surface area contributed by atoms with Crippen LogP contribution in [0.15, 0.2) is 17.5 Å². The summed E-state index contributed by atoms with van der Waals surface area (Å²) >= 11 is 1.72. The molecule has 3 unspecified atom stereocenters. The Hall–Kier alpha value is -0.870. The zero-order valence-corrected chi connectivity index (χ0v) is 13.5. The molecule has 2 heterocycles. The molecule has 0 aliphatic carbocycles. The average Bonchev–Trinajstić information content (AvgIpc) is 2.98. The largest absolute Gasteiger partial charge is 0.347 e. The normalized spacial score (nSPS) is 24.6. The Morgan fingerprint density at radius 3 is 2.95 bits per heavy atom. The fraction of sp³-hybridized carbons (Fsp3) is 0.688. The molecule has 0 spiro atoms. The van der Waals surface area contributed by atoms with Gasteiger partial charge in [-0.05, 0) is 42.7 Å². The molecule has 1 amide bonds. The van der Waals surface area contributed by atoms with E-state index in [4.69, 9.17) is 0 Å². The van der Waals surface area contributed by atoms with Gasteiger partial charge in [0.05, 0.1) is 12.1 Å². The molecule has 1 aromatic rings. The standard InChI is InChI=1S/C16H26N2OS/c1-4-12-7-8-17-13(10-12)16(19)18-15(11(2)3)14-6-5-9-20-14/h5-6,9,11-13,15,17H,4,7-8,10H2,1-3H3,(H,18,19). The van der Waals surface area contributed by atoms with Crippen molar-refractivity contribution in [3.63, 3.8) is 0 Å². The Kier molecular flexibility index (Phi) is 5.61. The van der Waals surface area contributed by atoms with Crippen LogP contribution in [0.2, 0.25) is 0 Å². The first-order chi connectivity index (χ1) is 9.61. The molecule has 4 heteroatoms. The molecular formula is C16H26N2OS. The number of hydrogen-bond donors (Lipinski definition) is 2. The molecule has 3 atom stereocenters. The molecule has 0 radical (unpaired) electrons. The molecule has 1 aliphatic rings. The van der Waals surface area contributed by atoms with Gasteiger partial charge in [0.25, 0.3) is 0 Å². The Balaban J connectivity index is 1.98. The van der Waals surface area contributed by atoms with Gasteiger partial charge in [-0.3, -0.25) is 4.79 Å². The summed E-state index contributed by atoms with van der Waals surface area (Å²) in [4.78, 5) is 13.7. The lowest BCUT2D eigenvalue weighted by Gasteiger charge is -2.31. The maximum absolute atomic E-state index is 12.5. The van der Waals surface area contributed by atoms with Crippen LogP contribution in [0.25, 0.3) is 0 Å². The van der Waals surface area contributed by atoms with Crippen molar-refractivity contribution in [2.75, 3.05) is 6.54 Å². The smallest absolute Gasteiger partial charge is 0.237 e.